The number of rotatable bonds is 7. The first-order valence-corrected chi connectivity index (χ1v) is 10.2. The van der Waals surface area contributed by atoms with Gasteiger partial charge in [-0.1, -0.05) is 58.1 Å². The first-order chi connectivity index (χ1) is 12.2. The van der Waals surface area contributed by atoms with Crippen LogP contribution in [0.1, 0.15) is 70.6 Å². The number of hydrogen-bond acceptors (Lipinski definition) is 3. The molecule has 0 atom stereocenters. The van der Waals surface area contributed by atoms with Crippen LogP contribution in [0.4, 0.5) is 0 Å². The fourth-order valence-electron chi connectivity index (χ4n) is 4.00. The van der Waals surface area contributed by atoms with Gasteiger partial charge in [0.1, 0.15) is 5.75 Å². The van der Waals surface area contributed by atoms with Gasteiger partial charge in [0.25, 0.3) is 0 Å². The molecule has 2 aliphatic rings. The largest absolute Gasteiger partial charge is 0.494 e. The molecule has 2 fully saturated rings. The molecular weight excluding hydrogens is 312 g/mol. The van der Waals surface area contributed by atoms with Gasteiger partial charge in [-0.05, 0) is 36.8 Å². The van der Waals surface area contributed by atoms with Gasteiger partial charge in [0.2, 0.25) is 0 Å². The standard InChI is InChI=1S/C22H34O3/c1-3-18-6-8-19(9-7-18)5-4-14-23-21-12-10-20(11-13-21)22-24-15-17(2)16-25-22/h10-13,17-19,22H,3-9,14-16H2,1-2H3/t17-,18-,19-,22-. The van der Waals surface area contributed by atoms with E-state index in [1.165, 1.54) is 38.5 Å². The molecule has 25 heavy (non-hydrogen) atoms. The summed E-state index contributed by atoms with van der Waals surface area (Å²) in [6.45, 7) is 6.83. The van der Waals surface area contributed by atoms with Crippen LogP contribution in [0.15, 0.2) is 24.3 Å². The minimum atomic E-state index is -0.219. The molecule has 1 saturated carbocycles. The Morgan fingerprint density at radius 1 is 0.960 bits per heavy atom. The predicted molar refractivity (Wildman–Crippen MR) is 101 cm³/mol. The number of benzene rings is 1. The molecule has 3 rings (SSSR count). The lowest BCUT2D eigenvalue weighted by molar-refractivity contribution is -0.202. The predicted octanol–water partition coefficient (Wildman–Crippen LogP) is 5.74. The van der Waals surface area contributed by atoms with Crippen LogP contribution in [-0.4, -0.2) is 19.8 Å². The van der Waals surface area contributed by atoms with Crippen LogP contribution < -0.4 is 4.74 Å². The summed E-state index contributed by atoms with van der Waals surface area (Å²) in [6.07, 6.45) is 9.35. The topological polar surface area (TPSA) is 27.7 Å². The molecule has 1 aromatic carbocycles. The summed E-state index contributed by atoms with van der Waals surface area (Å²) in [4.78, 5) is 0. The molecule has 0 radical (unpaired) electrons. The Hall–Kier alpha value is -1.06. The average molecular weight is 347 g/mol. The van der Waals surface area contributed by atoms with Gasteiger partial charge in [-0.25, -0.2) is 0 Å². The highest BCUT2D eigenvalue weighted by Gasteiger charge is 2.21. The third kappa shape index (κ3) is 5.72. The lowest BCUT2D eigenvalue weighted by Crippen LogP contribution is -2.24. The van der Waals surface area contributed by atoms with Gasteiger partial charge in [0.05, 0.1) is 19.8 Å². The van der Waals surface area contributed by atoms with E-state index in [2.05, 4.69) is 26.0 Å². The van der Waals surface area contributed by atoms with E-state index in [1.807, 2.05) is 12.1 Å². The fourth-order valence-corrected chi connectivity index (χ4v) is 4.00. The van der Waals surface area contributed by atoms with Crippen LogP contribution in [0.25, 0.3) is 0 Å². The van der Waals surface area contributed by atoms with Crippen LogP contribution in [0.5, 0.6) is 5.75 Å². The van der Waals surface area contributed by atoms with Crippen molar-refractivity contribution >= 4 is 0 Å². The molecule has 1 aliphatic heterocycles. The maximum absolute atomic E-state index is 5.92. The zero-order valence-corrected chi connectivity index (χ0v) is 15.9. The molecule has 0 unspecified atom stereocenters. The summed E-state index contributed by atoms with van der Waals surface area (Å²) in [5.74, 6) is 3.35. The van der Waals surface area contributed by atoms with Crippen molar-refractivity contribution in [1.29, 1.82) is 0 Å². The van der Waals surface area contributed by atoms with Crippen molar-refractivity contribution in [2.24, 2.45) is 17.8 Å². The third-order valence-corrected chi connectivity index (χ3v) is 5.79. The van der Waals surface area contributed by atoms with E-state index in [0.29, 0.717) is 5.92 Å². The molecule has 1 saturated heterocycles. The summed E-state index contributed by atoms with van der Waals surface area (Å²) in [5, 5.41) is 0. The lowest BCUT2D eigenvalue weighted by Gasteiger charge is -2.28. The van der Waals surface area contributed by atoms with Crippen LogP contribution in [0.3, 0.4) is 0 Å². The van der Waals surface area contributed by atoms with Crippen molar-refractivity contribution in [1.82, 2.24) is 0 Å². The van der Waals surface area contributed by atoms with Crippen LogP contribution in [-0.2, 0) is 9.47 Å². The summed E-state index contributed by atoms with van der Waals surface area (Å²) >= 11 is 0. The molecule has 0 spiro atoms. The Bertz CT molecular complexity index is 482. The first kappa shape index (κ1) is 18.7. The number of hydrogen-bond donors (Lipinski definition) is 0. The molecule has 0 N–H and O–H groups in total. The summed E-state index contributed by atoms with van der Waals surface area (Å²) in [6, 6.07) is 8.18. The molecule has 1 aromatic rings. The summed E-state index contributed by atoms with van der Waals surface area (Å²) < 4.78 is 17.4. The molecule has 0 bridgehead atoms. The molecule has 3 heteroatoms. The van der Waals surface area contributed by atoms with E-state index < -0.39 is 0 Å². The third-order valence-electron chi connectivity index (χ3n) is 5.79. The van der Waals surface area contributed by atoms with Gasteiger partial charge in [-0.2, -0.15) is 0 Å². The number of ether oxygens (including phenoxy) is 3. The normalized spacial score (nSPS) is 30.2. The van der Waals surface area contributed by atoms with Crippen molar-refractivity contribution < 1.29 is 14.2 Å². The van der Waals surface area contributed by atoms with Crippen molar-refractivity contribution in [3.63, 3.8) is 0 Å². The highest BCUT2D eigenvalue weighted by molar-refractivity contribution is 5.28. The maximum atomic E-state index is 5.92. The van der Waals surface area contributed by atoms with Gasteiger partial charge in [-0.15, -0.1) is 0 Å². The van der Waals surface area contributed by atoms with Gasteiger partial charge >= 0.3 is 0 Å². The van der Waals surface area contributed by atoms with E-state index in [9.17, 15) is 0 Å². The van der Waals surface area contributed by atoms with Gasteiger partial charge in [0, 0.05) is 11.5 Å². The molecule has 1 aliphatic carbocycles. The smallest absolute Gasteiger partial charge is 0.183 e. The average Bonchev–Trinajstić information content (AvgIpc) is 2.67. The van der Waals surface area contributed by atoms with Crippen molar-refractivity contribution in [2.45, 2.75) is 65.1 Å². The fraction of sp³-hybridized carbons (Fsp3) is 0.727. The van der Waals surface area contributed by atoms with E-state index in [1.54, 1.807) is 0 Å². The highest BCUT2D eigenvalue weighted by atomic mass is 16.7. The lowest BCUT2D eigenvalue weighted by atomic mass is 9.79. The van der Waals surface area contributed by atoms with Crippen molar-refractivity contribution in [2.75, 3.05) is 19.8 Å². The molecule has 0 aromatic heterocycles. The van der Waals surface area contributed by atoms with Crippen LogP contribution in [0.2, 0.25) is 0 Å². The minimum absolute atomic E-state index is 0.219. The van der Waals surface area contributed by atoms with Crippen molar-refractivity contribution in [3.05, 3.63) is 29.8 Å². The van der Waals surface area contributed by atoms with Crippen LogP contribution in [0, 0.1) is 17.8 Å². The molecule has 0 amide bonds. The van der Waals surface area contributed by atoms with Crippen molar-refractivity contribution in [3.8, 4) is 5.75 Å². The summed E-state index contributed by atoms with van der Waals surface area (Å²) in [5.41, 5.74) is 1.08. The molecule has 1 heterocycles. The van der Waals surface area contributed by atoms with Gasteiger partial charge < -0.3 is 14.2 Å². The first-order valence-electron chi connectivity index (χ1n) is 10.2. The van der Waals surface area contributed by atoms with E-state index in [0.717, 1.165) is 49.4 Å². The van der Waals surface area contributed by atoms with E-state index in [4.69, 9.17) is 14.2 Å². The Labute approximate surface area is 153 Å². The second-order valence-corrected chi connectivity index (χ2v) is 7.96. The van der Waals surface area contributed by atoms with Crippen LogP contribution >= 0.6 is 0 Å². The SMILES string of the molecule is CC[C@H]1CC[C@H](CCCOc2ccc([C@H]3OC[C@H](C)CO3)cc2)CC1. The van der Waals surface area contributed by atoms with Gasteiger partial charge in [0.15, 0.2) is 6.29 Å². The second kappa shape index (κ2) is 9.59. The zero-order chi connectivity index (χ0) is 17.5. The molecule has 140 valence electrons. The zero-order valence-electron chi connectivity index (χ0n) is 15.9. The Morgan fingerprint density at radius 3 is 2.24 bits per heavy atom. The molecular formula is C22H34O3. The van der Waals surface area contributed by atoms with E-state index >= 15 is 0 Å². The van der Waals surface area contributed by atoms with E-state index in [-0.39, 0.29) is 6.29 Å². The quantitative estimate of drug-likeness (QED) is 0.589. The Balaban J connectivity index is 1.33. The Morgan fingerprint density at radius 2 is 1.60 bits per heavy atom. The monoisotopic (exact) mass is 346 g/mol. The highest BCUT2D eigenvalue weighted by Crippen LogP contribution is 2.33. The minimum Gasteiger partial charge on any atom is -0.494 e. The summed E-state index contributed by atoms with van der Waals surface area (Å²) in [7, 11) is 0. The van der Waals surface area contributed by atoms with Gasteiger partial charge in [-0.3, -0.25) is 0 Å². The molecule has 3 nitrogen and oxygen atoms in total. The second-order valence-electron chi connectivity index (χ2n) is 7.96. The Kier molecular flexibility index (Phi) is 7.18. The maximum Gasteiger partial charge on any atom is 0.183 e.